The fraction of sp³-hybridized carbons (Fsp3) is 0.0556. The number of nitro groups is 1. The molecule has 0 atom stereocenters. The highest BCUT2D eigenvalue weighted by Gasteiger charge is 2.15. The van der Waals surface area contributed by atoms with E-state index in [9.17, 15) is 14.9 Å². The number of nitro benzene ring substituents is 1. The molecule has 0 fully saturated rings. The normalized spacial score (nSPS) is 10.5. The fourth-order valence-corrected chi connectivity index (χ4v) is 2.72. The Hall–Kier alpha value is -2.92. The molecule has 3 aromatic carbocycles. The van der Waals surface area contributed by atoms with E-state index in [0.29, 0.717) is 6.54 Å². The molecule has 6 heteroatoms. The maximum atomic E-state index is 12.3. The summed E-state index contributed by atoms with van der Waals surface area (Å²) in [5, 5.41) is 15.9. The van der Waals surface area contributed by atoms with Gasteiger partial charge in [0.05, 0.1) is 15.5 Å². The van der Waals surface area contributed by atoms with Gasteiger partial charge in [0.25, 0.3) is 11.6 Å². The first-order valence-electron chi connectivity index (χ1n) is 7.25. The molecule has 0 aromatic heterocycles. The maximum Gasteiger partial charge on any atom is 0.270 e. The van der Waals surface area contributed by atoms with E-state index in [1.54, 1.807) is 0 Å². The summed E-state index contributed by atoms with van der Waals surface area (Å²) in [6.07, 6.45) is 0. The molecule has 0 saturated carbocycles. The van der Waals surface area contributed by atoms with Crippen LogP contribution in [0, 0.1) is 10.1 Å². The minimum absolute atomic E-state index is 0.0890. The molecule has 0 radical (unpaired) electrons. The van der Waals surface area contributed by atoms with Gasteiger partial charge in [-0.05, 0) is 22.4 Å². The van der Waals surface area contributed by atoms with Crippen molar-refractivity contribution in [2.45, 2.75) is 6.54 Å². The van der Waals surface area contributed by atoms with Crippen LogP contribution in [0.15, 0.2) is 60.7 Å². The van der Waals surface area contributed by atoms with Gasteiger partial charge in [0, 0.05) is 18.7 Å². The molecular weight excluding hydrogens is 328 g/mol. The van der Waals surface area contributed by atoms with E-state index in [4.69, 9.17) is 11.6 Å². The zero-order valence-corrected chi connectivity index (χ0v) is 13.3. The van der Waals surface area contributed by atoms with Gasteiger partial charge in [-0.15, -0.1) is 0 Å². The standard InChI is InChI=1S/C18H13ClN2O3/c19-17-9-8-14(21(23)24)10-16(17)18(22)20-11-13-6-3-5-12-4-1-2-7-15(12)13/h1-10H,11H2,(H,20,22). The predicted octanol–water partition coefficient (Wildman–Crippen LogP) is 4.33. The monoisotopic (exact) mass is 340 g/mol. The SMILES string of the molecule is O=C(NCc1cccc2ccccc12)c1cc([N+](=O)[O-])ccc1Cl. The van der Waals surface area contributed by atoms with Crippen molar-refractivity contribution in [3.63, 3.8) is 0 Å². The molecule has 3 rings (SSSR count). The van der Waals surface area contributed by atoms with Crippen molar-refractivity contribution in [3.8, 4) is 0 Å². The molecule has 0 aliphatic carbocycles. The summed E-state index contributed by atoms with van der Waals surface area (Å²) < 4.78 is 0. The lowest BCUT2D eigenvalue weighted by atomic mass is 10.0. The molecule has 1 amide bonds. The van der Waals surface area contributed by atoms with Gasteiger partial charge < -0.3 is 5.32 Å². The van der Waals surface area contributed by atoms with Gasteiger partial charge in [0.1, 0.15) is 0 Å². The highest BCUT2D eigenvalue weighted by Crippen LogP contribution is 2.23. The van der Waals surface area contributed by atoms with Crippen molar-refractivity contribution < 1.29 is 9.72 Å². The molecule has 0 unspecified atom stereocenters. The molecule has 3 aromatic rings. The summed E-state index contributed by atoms with van der Waals surface area (Å²) >= 11 is 5.99. The topological polar surface area (TPSA) is 72.2 Å². The zero-order valence-electron chi connectivity index (χ0n) is 12.5. The van der Waals surface area contributed by atoms with E-state index >= 15 is 0 Å². The Labute approximate surface area is 143 Å². The van der Waals surface area contributed by atoms with Crippen molar-refractivity contribution in [1.29, 1.82) is 0 Å². The lowest BCUT2D eigenvalue weighted by Crippen LogP contribution is -2.23. The van der Waals surface area contributed by atoms with Gasteiger partial charge >= 0.3 is 0 Å². The first-order valence-corrected chi connectivity index (χ1v) is 7.63. The van der Waals surface area contributed by atoms with Crippen LogP contribution in [0.25, 0.3) is 10.8 Å². The van der Waals surface area contributed by atoms with E-state index in [0.717, 1.165) is 16.3 Å². The van der Waals surface area contributed by atoms with Crippen LogP contribution in [-0.4, -0.2) is 10.8 Å². The van der Waals surface area contributed by atoms with Gasteiger partial charge in [-0.1, -0.05) is 54.1 Å². The van der Waals surface area contributed by atoms with Gasteiger partial charge in [-0.25, -0.2) is 0 Å². The molecule has 1 N–H and O–H groups in total. The number of amides is 1. The Balaban J connectivity index is 1.83. The molecule has 120 valence electrons. The molecule has 0 aliphatic heterocycles. The fourth-order valence-electron chi connectivity index (χ4n) is 2.52. The second kappa shape index (κ2) is 6.68. The number of fused-ring (bicyclic) bond motifs is 1. The van der Waals surface area contributed by atoms with Gasteiger partial charge in [0.15, 0.2) is 0 Å². The van der Waals surface area contributed by atoms with E-state index in [-0.39, 0.29) is 16.3 Å². The quantitative estimate of drug-likeness (QED) is 0.567. The van der Waals surface area contributed by atoms with Gasteiger partial charge in [-0.3, -0.25) is 14.9 Å². The first kappa shape index (κ1) is 16.0. The molecule has 0 spiro atoms. The number of benzene rings is 3. The Morgan fingerprint density at radius 3 is 2.62 bits per heavy atom. The number of carbonyl (C=O) groups is 1. The molecule has 0 bridgehead atoms. The van der Waals surface area contributed by atoms with Crippen molar-refractivity contribution in [3.05, 3.63) is 86.9 Å². The number of hydrogen-bond acceptors (Lipinski definition) is 3. The predicted molar refractivity (Wildman–Crippen MR) is 93.2 cm³/mol. The number of rotatable bonds is 4. The van der Waals surface area contributed by atoms with Crippen molar-refractivity contribution in [1.82, 2.24) is 5.32 Å². The Kier molecular flexibility index (Phi) is 4.44. The summed E-state index contributed by atoms with van der Waals surface area (Å²) in [6.45, 7) is 0.305. The third kappa shape index (κ3) is 3.21. The van der Waals surface area contributed by atoms with E-state index < -0.39 is 10.8 Å². The number of carbonyl (C=O) groups excluding carboxylic acids is 1. The Morgan fingerprint density at radius 2 is 1.83 bits per heavy atom. The van der Waals surface area contributed by atoms with Gasteiger partial charge in [0.2, 0.25) is 0 Å². The Bertz CT molecular complexity index is 935. The van der Waals surface area contributed by atoms with E-state index in [1.165, 1.54) is 18.2 Å². The summed E-state index contributed by atoms with van der Waals surface area (Å²) in [4.78, 5) is 22.6. The first-order chi connectivity index (χ1) is 11.6. The van der Waals surface area contributed by atoms with Crippen LogP contribution in [0.4, 0.5) is 5.69 Å². The molecule has 0 heterocycles. The number of non-ortho nitro benzene ring substituents is 1. The second-order valence-electron chi connectivity index (χ2n) is 5.24. The smallest absolute Gasteiger partial charge is 0.270 e. The lowest BCUT2D eigenvalue weighted by Gasteiger charge is -2.09. The molecule has 5 nitrogen and oxygen atoms in total. The number of nitrogens with zero attached hydrogens (tertiary/aromatic N) is 1. The van der Waals surface area contributed by atoms with Crippen molar-refractivity contribution in [2.75, 3.05) is 0 Å². The van der Waals surface area contributed by atoms with Crippen molar-refractivity contribution in [2.24, 2.45) is 0 Å². The number of hydrogen-bond donors (Lipinski definition) is 1. The van der Waals surface area contributed by atoms with Crippen LogP contribution in [0.1, 0.15) is 15.9 Å². The number of nitrogens with one attached hydrogen (secondary N) is 1. The van der Waals surface area contributed by atoms with Crippen LogP contribution in [0.2, 0.25) is 5.02 Å². The summed E-state index contributed by atoms with van der Waals surface area (Å²) in [5.41, 5.74) is 0.879. The molecule has 0 aliphatic rings. The highest BCUT2D eigenvalue weighted by atomic mass is 35.5. The summed E-state index contributed by atoms with van der Waals surface area (Å²) in [7, 11) is 0. The average Bonchev–Trinajstić information content (AvgIpc) is 2.59. The Morgan fingerprint density at radius 1 is 1.08 bits per heavy atom. The number of halogens is 1. The van der Waals surface area contributed by atoms with Crippen LogP contribution in [0.5, 0.6) is 0 Å². The molecule has 24 heavy (non-hydrogen) atoms. The van der Waals surface area contributed by atoms with E-state index in [2.05, 4.69) is 5.32 Å². The largest absolute Gasteiger partial charge is 0.348 e. The van der Waals surface area contributed by atoms with Crippen LogP contribution in [0.3, 0.4) is 0 Å². The van der Waals surface area contributed by atoms with E-state index in [1.807, 2.05) is 42.5 Å². The maximum absolute atomic E-state index is 12.3. The average molecular weight is 341 g/mol. The third-order valence-electron chi connectivity index (χ3n) is 3.72. The van der Waals surface area contributed by atoms with Crippen molar-refractivity contribution >= 4 is 34.0 Å². The summed E-state index contributed by atoms with van der Waals surface area (Å²) in [5.74, 6) is -0.448. The van der Waals surface area contributed by atoms with Crippen LogP contribution in [-0.2, 0) is 6.54 Å². The minimum atomic E-state index is -0.558. The minimum Gasteiger partial charge on any atom is -0.348 e. The molecule has 0 saturated heterocycles. The third-order valence-corrected chi connectivity index (χ3v) is 4.05. The highest BCUT2D eigenvalue weighted by molar-refractivity contribution is 6.33. The second-order valence-corrected chi connectivity index (χ2v) is 5.65. The summed E-state index contributed by atoms with van der Waals surface area (Å²) in [6, 6.07) is 17.5. The zero-order chi connectivity index (χ0) is 17.1. The van der Waals surface area contributed by atoms with Crippen LogP contribution < -0.4 is 5.32 Å². The molecular formula is C18H13ClN2O3. The lowest BCUT2D eigenvalue weighted by molar-refractivity contribution is -0.384. The van der Waals surface area contributed by atoms with Gasteiger partial charge in [-0.2, -0.15) is 0 Å². The van der Waals surface area contributed by atoms with Crippen LogP contribution >= 0.6 is 11.6 Å².